The van der Waals surface area contributed by atoms with Crippen molar-refractivity contribution in [3.8, 4) is 28.7 Å². The normalized spacial score (nSPS) is 40.0. The number of phenolic OH excluding ortho intramolecular Hbond substituents is 2. The molecule has 0 radical (unpaired) electrons. The summed E-state index contributed by atoms with van der Waals surface area (Å²) in [6.45, 7) is 21.1. The number of rotatable bonds is 13. The second-order valence-corrected chi connectivity index (χ2v) is 46.7. The van der Waals surface area contributed by atoms with E-state index in [9.17, 15) is 59.4 Å². The minimum Gasteiger partial charge on any atom is -1.00 e. The van der Waals surface area contributed by atoms with Crippen molar-refractivity contribution < 1.29 is 211 Å². The number of fused-ring (bicyclic) bond motifs is 9. The second-order valence-electron chi connectivity index (χ2n) is 46.7. The molecule has 8 saturated carbocycles. The van der Waals surface area contributed by atoms with Gasteiger partial charge >= 0.3 is 0 Å². The first-order valence-corrected chi connectivity index (χ1v) is 48.7. The molecule has 22 atom stereocenters. The number of aromatic hydroxyl groups is 3. The van der Waals surface area contributed by atoms with E-state index in [-0.39, 0.29) is 196 Å². The van der Waals surface area contributed by atoms with E-state index in [1.165, 1.54) is 141 Å². The first kappa shape index (κ1) is 99.8. The maximum atomic E-state index is 12.9. The highest BCUT2D eigenvalue weighted by Gasteiger charge is 2.79. The van der Waals surface area contributed by atoms with Gasteiger partial charge in [0.2, 0.25) is 5.91 Å². The predicted molar refractivity (Wildman–Crippen MR) is 476 cm³/mol. The molecule has 13 fully saturated rings. The van der Waals surface area contributed by atoms with Crippen LogP contribution in [0.5, 0.6) is 28.7 Å². The maximum absolute atomic E-state index is 12.9. The average Bonchev–Trinajstić information content (AvgIpc) is 1.57. The molecule has 12 N–H and O–H groups in total. The largest absolute Gasteiger partial charge is 1.00 e. The molecule has 7 aliphatic heterocycles. The summed E-state index contributed by atoms with van der Waals surface area (Å²) < 4.78 is 17.4. The number of halogens is 5. The summed E-state index contributed by atoms with van der Waals surface area (Å²) in [6, 6.07) is 24.7. The number of aliphatic hydroxyl groups is 3. The van der Waals surface area contributed by atoms with Gasteiger partial charge in [0.15, 0.2) is 35.3 Å². The van der Waals surface area contributed by atoms with Crippen LogP contribution in [-0.4, -0.2) is 248 Å². The molecule has 7 heterocycles. The fourth-order valence-electron chi connectivity index (χ4n) is 31.5. The number of carbonyl (C=O) groups is 6. The first-order valence-electron chi connectivity index (χ1n) is 48.7. The molecular formula is C104H139I5N8O14. The maximum Gasteiger partial charge on any atom is 0.252 e. The zero-order valence-corrected chi connectivity index (χ0v) is 88.8. The molecule has 20 aliphatic rings. The van der Waals surface area contributed by atoms with Crippen molar-refractivity contribution >= 4 is 35.1 Å². The summed E-state index contributed by atoms with van der Waals surface area (Å²) in [5, 5.41) is 67.9. The molecule has 714 valence electrons. The molecule has 13 aliphatic carbocycles. The van der Waals surface area contributed by atoms with Crippen molar-refractivity contribution in [2.75, 3.05) is 101 Å². The van der Waals surface area contributed by atoms with Crippen molar-refractivity contribution in [2.45, 2.75) is 287 Å². The van der Waals surface area contributed by atoms with Crippen molar-refractivity contribution in [3.63, 3.8) is 0 Å². The summed E-state index contributed by atoms with van der Waals surface area (Å²) in [5.74, 6) is 5.61. The lowest BCUT2D eigenvalue weighted by Gasteiger charge is -2.65. The number of phenols is 3. The van der Waals surface area contributed by atoms with Crippen LogP contribution in [0.1, 0.15) is 256 Å². The number of ether oxygens (including phenoxy) is 2. The van der Waals surface area contributed by atoms with Gasteiger partial charge in [-0.1, -0.05) is 58.0 Å². The number of primary amides is 3. The Bertz CT molecular complexity index is 5460. The van der Waals surface area contributed by atoms with Crippen LogP contribution in [0.2, 0.25) is 0 Å². The van der Waals surface area contributed by atoms with E-state index in [2.05, 4.69) is 81.1 Å². The van der Waals surface area contributed by atoms with Gasteiger partial charge < -0.3 is 200 Å². The number of benzene rings is 5. The zero-order valence-electron chi connectivity index (χ0n) is 78.0. The van der Waals surface area contributed by atoms with Gasteiger partial charge in [-0.25, -0.2) is 0 Å². The predicted octanol–water partition coefficient (Wildman–Crippen LogP) is -4.51. The molecular weight excluding hydrogens is 2220 g/mol. The van der Waals surface area contributed by atoms with Crippen LogP contribution in [0.25, 0.3) is 0 Å². The zero-order chi connectivity index (χ0) is 88.5. The summed E-state index contributed by atoms with van der Waals surface area (Å²) in [5.41, 5.74) is 24.3. The van der Waals surface area contributed by atoms with Gasteiger partial charge in [0, 0.05) is 170 Å². The molecule has 22 nitrogen and oxygen atoms in total. The Balaban J connectivity index is 0.000000119. The lowest BCUT2D eigenvalue weighted by molar-refractivity contribution is -0.950. The number of piperidine rings is 5. The quantitative estimate of drug-likeness (QED) is 0.0397. The Morgan fingerprint density at radius 3 is 1.24 bits per heavy atom. The fourth-order valence-corrected chi connectivity index (χ4v) is 31.5. The molecule has 0 aromatic heterocycles. The van der Waals surface area contributed by atoms with Gasteiger partial charge in [-0.3, -0.25) is 28.8 Å². The van der Waals surface area contributed by atoms with Gasteiger partial charge in [0.05, 0.1) is 135 Å². The van der Waals surface area contributed by atoms with Crippen LogP contribution in [0.4, 0.5) is 0 Å². The molecule has 5 saturated heterocycles. The number of hydrogen-bond donors (Lipinski definition) is 9. The molecule has 131 heavy (non-hydrogen) atoms. The number of amides is 3. The smallest absolute Gasteiger partial charge is 0.252 e. The van der Waals surface area contributed by atoms with Crippen LogP contribution in [0, 0.1) is 41.4 Å². The first-order chi connectivity index (χ1) is 59.6. The van der Waals surface area contributed by atoms with E-state index in [4.69, 9.17) is 26.7 Å². The highest BCUT2D eigenvalue weighted by Crippen LogP contribution is 2.69. The van der Waals surface area contributed by atoms with Crippen LogP contribution in [0.3, 0.4) is 0 Å². The van der Waals surface area contributed by atoms with E-state index >= 15 is 0 Å². The standard InChI is InChI=1S/C22H26N2O4.C22H28N2O4.C21H25NO4.C20H28N2O.C19H27NO.5HI/c1-24(11-12-2-3-12)9-8-21-17-13-4-5-14(20(23)26)18(17)28-19(21)15(25)6-7-22(21,27)16(24)10-13;1-24(12-13-2-3-13)9-8-21-11-15(25)6-7-22(21,28)17(24)10-14-4-5-16(20(23)27)19(26)18(14)21;1-22(11-12-2-3-12)9-8-20-17-13-4-5-14(23)18(17)26-19(20)15(24)6-7-21(20,25)16(22)10-13;1-13-18-11-15-6-7-16(19(21)23)10-17(15)20(13,2)8-9-22(18,3)12-14-4-5-14;1-13-18-10-15-6-7-16(21)11-17(15)19(13,2)8-9-20(18,3)12-14-4-5-14;;;;;/h4-5,12,16,19,27H,2-3,6-11H2,1H3,(H-,23,26);4-5,13,17,28H,2-3,6-12H2,1H3,(H2-,23,26,27);4-5,12,16,19,25H,2-3,6-11H2,1H3;6-7,10,13-14,18H,4-5,8-9,11-12H2,1-3H3,(H-,21,23);6-7,11,13-14,18H,4-5,8-10,12H2,1-3H3;5*1H/t16-,19?,21+,22-,24?;17-,21-,22-,24?;16-,19?,20+,21-,22?;13?,18?,20-,22?;13?,18?,19-,20?;;;;;/m11100...../s1. The van der Waals surface area contributed by atoms with Gasteiger partial charge in [0.1, 0.15) is 58.0 Å². The summed E-state index contributed by atoms with van der Waals surface area (Å²) in [4.78, 5) is 73.8. The number of likely N-dealkylation sites (tertiary alicyclic amines) is 5. The molecule has 3 amide bonds. The van der Waals surface area contributed by atoms with Crippen molar-refractivity contribution in [1.29, 1.82) is 0 Å². The Morgan fingerprint density at radius 2 is 0.786 bits per heavy atom. The van der Waals surface area contributed by atoms with E-state index in [0.717, 1.165) is 142 Å². The van der Waals surface area contributed by atoms with E-state index < -0.39 is 57.1 Å². The third kappa shape index (κ3) is 15.2. The lowest BCUT2D eigenvalue weighted by Crippen LogP contribution is -3.00. The van der Waals surface area contributed by atoms with Gasteiger partial charge in [-0.2, -0.15) is 0 Å². The van der Waals surface area contributed by atoms with E-state index in [0.29, 0.717) is 110 Å². The summed E-state index contributed by atoms with van der Waals surface area (Å²) >= 11 is 0. The molecule has 11 unspecified atom stereocenters. The number of quaternary nitrogens is 5. The lowest BCUT2D eigenvalue weighted by atomic mass is 9.48. The van der Waals surface area contributed by atoms with Crippen LogP contribution >= 0.6 is 0 Å². The van der Waals surface area contributed by atoms with Gasteiger partial charge in [-0.05, 0) is 165 Å². The second kappa shape index (κ2) is 34.4. The van der Waals surface area contributed by atoms with Crippen LogP contribution in [-0.2, 0) is 73.6 Å². The van der Waals surface area contributed by atoms with E-state index in [1.807, 2.05) is 36.4 Å². The number of ketones is 3. The number of Topliss-reactive ketones (excluding diaryl/α,β-unsaturated/α-hetero) is 3. The van der Waals surface area contributed by atoms with Gasteiger partial charge in [-0.15, -0.1) is 0 Å². The van der Waals surface area contributed by atoms with Crippen LogP contribution in [0.15, 0.2) is 72.8 Å². The number of nitrogens with zero attached hydrogens (tertiary/aromatic N) is 5. The molecule has 5 aromatic carbocycles. The van der Waals surface area contributed by atoms with Crippen molar-refractivity contribution in [1.82, 2.24) is 0 Å². The summed E-state index contributed by atoms with van der Waals surface area (Å²) in [7, 11) is 11.8. The molecule has 5 aromatic rings. The Labute approximate surface area is 858 Å². The third-order valence-corrected chi connectivity index (χ3v) is 39.5. The molecule has 25 rings (SSSR count). The van der Waals surface area contributed by atoms with Crippen molar-refractivity contribution in [2.24, 2.45) is 58.6 Å². The fraction of sp³-hybridized carbons (Fsp3) is 0.654. The molecule has 27 heteroatoms. The average molecular weight is 2360 g/mol. The highest BCUT2D eigenvalue weighted by atomic mass is 127. The molecule has 10 bridgehead atoms. The highest BCUT2D eigenvalue weighted by molar-refractivity contribution is 5.99. The number of nitrogens with two attached hydrogens (primary N) is 3. The Kier molecular flexibility index (Phi) is 26.2. The van der Waals surface area contributed by atoms with Crippen molar-refractivity contribution in [3.05, 3.63) is 145 Å². The Hall–Kier alpha value is -4.15. The molecule has 2 spiro atoms. The number of hydrogen-bond acceptors (Lipinski definition) is 14. The van der Waals surface area contributed by atoms with Crippen LogP contribution < -0.4 is 147 Å². The minimum atomic E-state index is -1.05. The topological polar surface area (TPSA) is 320 Å². The monoisotopic (exact) mass is 2360 g/mol. The van der Waals surface area contributed by atoms with E-state index in [1.54, 1.807) is 18.2 Å². The minimum absolute atomic E-state index is 0. The third-order valence-electron chi connectivity index (χ3n) is 39.5. The number of likely N-dealkylation sites (N-methyl/N-ethyl adjacent to an activating group) is 5. The SMILES string of the molecule is CC1C2Cc3ccc(C(N)=O)cc3[C@@]1(C)CC[N+]2(C)CC1CC1.CC1C2Cc3ccc(O)cc3[C@@]1(C)CC[N+]2(C)CC1CC1.C[N+]1(CC2CC2)CC[C@]23CC(=O)CC[C@@]2(O)[C@H]1Cc1ccc(C(N)=O)c(O)c13.C[N+]1(CC2CC2)CC[C@]23c4c5ccc(C(N)=O)c4OC2C(=O)CC[C@@]3(O)[C@H]1C5.C[N+]1(CC2CC2)CC[C@]23c4c5ccc(O)c4OC2C(=O)CC[C@@]3(O)[C@H]1C5.[I-].[I-].[I-].[I-].[I-]. The summed E-state index contributed by atoms with van der Waals surface area (Å²) in [6.07, 6.45) is 24.0. The Morgan fingerprint density at radius 1 is 0.412 bits per heavy atom. The number of carbonyl (C=O) groups excluding carboxylic acids is 6. The van der Waals surface area contributed by atoms with Gasteiger partial charge in [0.25, 0.3) is 11.8 Å².